The number of esters is 1. The lowest BCUT2D eigenvalue weighted by molar-refractivity contribution is -0.139. The van der Waals surface area contributed by atoms with Crippen molar-refractivity contribution >= 4 is 33.7 Å². The fourth-order valence-electron chi connectivity index (χ4n) is 3.73. The first-order valence-corrected chi connectivity index (χ1v) is 12.4. The zero-order valence-corrected chi connectivity index (χ0v) is 22.0. The van der Waals surface area contributed by atoms with Gasteiger partial charge in [-0.05, 0) is 66.0 Å². The van der Waals surface area contributed by atoms with Crippen molar-refractivity contribution in [1.29, 1.82) is 10.5 Å². The summed E-state index contributed by atoms with van der Waals surface area (Å²) in [6.07, 6.45) is 0. The van der Waals surface area contributed by atoms with Gasteiger partial charge in [0.05, 0.1) is 41.0 Å². The lowest BCUT2D eigenvalue weighted by atomic mass is 9.83. The Morgan fingerprint density at radius 2 is 2.03 bits per heavy atom. The van der Waals surface area contributed by atoms with Crippen molar-refractivity contribution < 1.29 is 19.0 Å². The summed E-state index contributed by atoms with van der Waals surface area (Å²) in [5, 5.41) is 20.0. The normalized spacial score (nSPS) is 15.2. The van der Waals surface area contributed by atoms with Crippen LogP contribution < -0.4 is 10.5 Å². The zero-order valence-electron chi connectivity index (χ0n) is 19.6. The van der Waals surface area contributed by atoms with E-state index in [1.807, 2.05) is 19.9 Å². The van der Waals surface area contributed by atoms with E-state index in [-0.39, 0.29) is 35.1 Å². The van der Waals surface area contributed by atoms with E-state index in [9.17, 15) is 15.3 Å². The standard InChI is InChI=1S/C25H23BrN4O4S/c1-5-33-25(31)22-20(12-35-24-16(10-27)13(2)8-14(3)30-24)34-23(29)17(11-28)21(22)15-6-7-19(32-4)18(26)9-15/h6-9,21H,5,12,29H2,1-4H3/t21-/m0/s1. The second-order valence-corrected chi connectivity index (χ2v) is 9.36. The fraction of sp³-hybridized carbons (Fsp3) is 0.280. The van der Waals surface area contributed by atoms with Crippen LogP contribution in [0.3, 0.4) is 0 Å². The van der Waals surface area contributed by atoms with Crippen LogP contribution in [0.1, 0.15) is 35.2 Å². The van der Waals surface area contributed by atoms with Crippen LogP contribution in [0.15, 0.2) is 56.6 Å². The maximum absolute atomic E-state index is 13.2. The van der Waals surface area contributed by atoms with E-state index in [1.165, 1.54) is 11.8 Å². The van der Waals surface area contributed by atoms with Crippen LogP contribution in [-0.2, 0) is 14.3 Å². The number of carbonyl (C=O) groups is 1. The number of nitrogens with zero attached hydrogens (tertiary/aromatic N) is 3. The topological polar surface area (TPSA) is 131 Å². The number of nitrogens with two attached hydrogens (primary N) is 1. The average molecular weight is 555 g/mol. The molecule has 35 heavy (non-hydrogen) atoms. The molecule has 0 fully saturated rings. The van der Waals surface area contributed by atoms with Crippen LogP contribution in [0.2, 0.25) is 0 Å². The predicted molar refractivity (Wildman–Crippen MR) is 134 cm³/mol. The summed E-state index contributed by atoms with van der Waals surface area (Å²) in [5.74, 6) is -0.541. The van der Waals surface area contributed by atoms with E-state index in [2.05, 4.69) is 33.1 Å². The average Bonchev–Trinajstić information content (AvgIpc) is 2.81. The number of hydrogen-bond donors (Lipinski definition) is 1. The molecule has 3 rings (SSSR count). The smallest absolute Gasteiger partial charge is 0.338 e. The summed E-state index contributed by atoms with van der Waals surface area (Å²) in [6.45, 7) is 5.52. The number of methoxy groups -OCH3 is 1. The molecule has 1 aromatic carbocycles. The van der Waals surface area contributed by atoms with Gasteiger partial charge in [0.2, 0.25) is 5.88 Å². The third-order valence-electron chi connectivity index (χ3n) is 5.26. The molecular weight excluding hydrogens is 532 g/mol. The number of rotatable bonds is 7. The number of thioether (sulfide) groups is 1. The van der Waals surface area contributed by atoms with Gasteiger partial charge in [0.15, 0.2) is 0 Å². The molecule has 0 spiro atoms. The molecule has 8 nitrogen and oxygen atoms in total. The minimum absolute atomic E-state index is 0.0954. The Bertz CT molecular complexity index is 1320. The molecule has 0 radical (unpaired) electrons. The fourth-order valence-corrected chi connectivity index (χ4v) is 5.33. The van der Waals surface area contributed by atoms with Crippen LogP contribution in [0.5, 0.6) is 5.75 Å². The Morgan fingerprint density at radius 3 is 2.63 bits per heavy atom. The molecule has 1 aliphatic rings. The highest BCUT2D eigenvalue weighted by atomic mass is 79.9. The van der Waals surface area contributed by atoms with Gasteiger partial charge in [0.1, 0.15) is 34.2 Å². The number of aryl methyl sites for hydroxylation is 2. The minimum Gasteiger partial charge on any atom is -0.496 e. The number of aromatic nitrogens is 1. The molecule has 0 amide bonds. The zero-order chi connectivity index (χ0) is 25.7. The predicted octanol–water partition coefficient (Wildman–Crippen LogP) is 4.76. The van der Waals surface area contributed by atoms with Gasteiger partial charge in [0.25, 0.3) is 0 Å². The van der Waals surface area contributed by atoms with Crippen molar-refractivity contribution in [1.82, 2.24) is 4.98 Å². The first-order chi connectivity index (χ1) is 16.7. The Hall–Kier alpha value is -3.47. The molecule has 2 aromatic rings. The number of carbonyl (C=O) groups excluding carboxylic acids is 1. The second-order valence-electron chi connectivity index (χ2n) is 7.54. The van der Waals surface area contributed by atoms with Gasteiger partial charge < -0.3 is 19.9 Å². The van der Waals surface area contributed by atoms with Crippen LogP contribution in [0, 0.1) is 36.5 Å². The molecule has 10 heteroatoms. The van der Waals surface area contributed by atoms with Crippen molar-refractivity contribution in [2.45, 2.75) is 31.7 Å². The van der Waals surface area contributed by atoms with E-state index in [1.54, 1.807) is 32.2 Å². The number of allylic oxidation sites excluding steroid dienone is 1. The maximum Gasteiger partial charge on any atom is 0.338 e. The highest BCUT2D eigenvalue weighted by Crippen LogP contribution is 2.43. The molecule has 0 unspecified atom stereocenters. The molecule has 0 saturated carbocycles. The summed E-state index contributed by atoms with van der Waals surface area (Å²) in [4.78, 5) is 17.6. The number of pyridine rings is 1. The summed E-state index contributed by atoms with van der Waals surface area (Å²) in [7, 11) is 1.54. The molecule has 0 saturated heterocycles. The first-order valence-electron chi connectivity index (χ1n) is 10.6. The summed E-state index contributed by atoms with van der Waals surface area (Å²) in [6, 6.07) is 11.4. The monoisotopic (exact) mass is 554 g/mol. The molecule has 2 N–H and O–H groups in total. The van der Waals surface area contributed by atoms with E-state index >= 15 is 0 Å². The summed E-state index contributed by atoms with van der Waals surface area (Å²) in [5.41, 5.74) is 9.07. The third-order valence-corrected chi connectivity index (χ3v) is 6.86. The molecule has 1 atom stereocenters. The van der Waals surface area contributed by atoms with Crippen LogP contribution in [0.4, 0.5) is 0 Å². The Balaban J connectivity index is 2.14. The maximum atomic E-state index is 13.2. The van der Waals surface area contributed by atoms with E-state index in [0.717, 1.165) is 11.3 Å². The van der Waals surface area contributed by atoms with Crippen molar-refractivity contribution in [2.24, 2.45) is 5.73 Å². The third kappa shape index (κ3) is 5.45. The van der Waals surface area contributed by atoms with Gasteiger partial charge in [0, 0.05) is 5.69 Å². The van der Waals surface area contributed by atoms with Gasteiger partial charge in [-0.3, -0.25) is 0 Å². The molecular formula is C25H23BrN4O4S. The molecule has 180 valence electrons. The lowest BCUT2D eigenvalue weighted by Crippen LogP contribution is -2.27. The van der Waals surface area contributed by atoms with Crippen molar-refractivity contribution in [2.75, 3.05) is 19.5 Å². The van der Waals surface area contributed by atoms with Crippen molar-refractivity contribution in [3.63, 3.8) is 0 Å². The van der Waals surface area contributed by atoms with Crippen LogP contribution >= 0.6 is 27.7 Å². The van der Waals surface area contributed by atoms with Gasteiger partial charge in [-0.2, -0.15) is 10.5 Å². The number of benzene rings is 1. The number of ether oxygens (including phenoxy) is 3. The second kappa shape index (κ2) is 11.3. The molecule has 2 heterocycles. The summed E-state index contributed by atoms with van der Waals surface area (Å²) >= 11 is 4.71. The number of halogens is 1. The number of nitriles is 2. The molecule has 1 aromatic heterocycles. The Kier molecular flexibility index (Phi) is 8.44. The van der Waals surface area contributed by atoms with E-state index in [0.29, 0.717) is 26.4 Å². The van der Waals surface area contributed by atoms with Crippen LogP contribution in [-0.4, -0.2) is 30.4 Å². The molecule has 0 aliphatic carbocycles. The van der Waals surface area contributed by atoms with Crippen molar-refractivity contribution in [3.8, 4) is 17.9 Å². The Morgan fingerprint density at radius 1 is 1.29 bits per heavy atom. The van der Waals surface area contributed by atoms with Crippen molar-refractivity contribution in [3.05, 3.63) is 73.9 Å². The van der Waals surface area contributed by atoms with Gasteiger partial charge in [-0.25, -0.2) is 9.78 Å². The number of hydrogen-bond acceptors (Lipinski definition) is 9. The van der Waals surface area contributed by atoms with Gasteiger partial charge in [-0.15, -0.1) is 0 Å². The van der Waals surface area contributed by atoms with E-state index < -0.39 is 11.9 Å². The quantitative estimate of drug-likeness (QED) is 0.380. The highest BCUT2D eigenvalue weighted by molar-refractivity contribution is 9.10. The SMILES string of the molecule is CCOC(=O)C1=C(CSc2nc(C)cc(C)c2C#N)OC(N)=C(C#N)[C@@H]1c1ccc(OC)c(Br)c1. The minimum atomic E-state index is -0.812. The van der Waals surface area contributed by atoms with E-state index in [4.69, 9.17) is 19.9 Å². The first kappa shape index (κ1) is 26.1. The van der Waals surface area contributed by atoms with Gasteiger partial charge >= 0.3 is 5.97 Å². The van der Waals surface area contributed by atoms with Gasteiger partial charge in [-0.1, -0.05) is 17.8 Å². The van der Waals surface area contributed by atoms with Crippen LogP contribution in [0.25, 0.3) is 0 Å². The molecule has 1 aliphatic heterocycles. The molecule has 0 bridgehead atoms. The highest BCUT2D eigenvalue weighted by Gasteiger charge is 2.38. The summed E-state index contributed by atoms with van der Waals surface area (Å²) < 4.78 is 17.1. The lowest BCUT2D eigenvalue weighted by Gasteiger charge is -2.28. The largest absolute Gasteiger partial charge is 0.496 e. The Labute approximate surface area is 216 Å².